The van der Waals surface area contributed by atoms with Gasteiger partial charge in [0, 0.05) is 18.0 Å². The molecule has 1 aliphatic carbocycles. The highest BCUT2D eigenvalue weighted by atomic mass is 35.5. The lowest BCUT2D eigenvalue weighted by Gasteiger charge is -2.22. The molecule has 6 rings (SSSR count). The Bertz CT molecular complexity index is 1470. The van der Waals surface area contributed by atoms with Crippen LogP contribution in [-0.2, 0) is 0 Å². The molecule has 0 spiro atoms. The van der Waals surface area contributed by atoms with Gasteiger partial charge in [-0.05, 0) is 59.7 Å². The highest BCUT2D eigenvalue weighted by molar-refractivity contribution is 6.29. The van der Waals surface area contributed by atoms with E-state index in [0.29, 0.717) is 28.8 Å². The summed E-state index contributed by atoms with van der Waals surface area (Å²) >= 11 is 6.22. The third kappa shape index (κ3) is 3.02. The van der Waals surface area contributed by atoms with E-state index in [4.69, 9.17) is 11.6 Å². The highest BCUT2D eigenvalue weighted by Crippen LogP contribution is 2.41. The zero-order valence-corrected chi connectivity index (χ0v) is 18.1. The average Bonchev–Trinajstić information content (AvgIpc) is 3.61. The topological polar surface area (TPSA) is 46.3 Å². The summed E-state index contributed by atoms with van der Waals surface area (Å²) in [7, 11) is 1.81. The number of hydrogen-bond donors (Lipinski definition) is 0. The van der Waals surface area contributed by atoms with E-state index in [9.17, 15) is 0 Å². The molecule has 0 radical (unpaired) electrons. The van der Waals surface area contributed by atoms with E-state index in [0.717, 1.165) is 16.5 Å². The molecule has 5 nitrogen and oxygen atoms in total. The predicted octanol–water partition coefficient (Wildman–Crippen LogP) is 6.38. The van der Waals surface area contributed by atoms with Crippen molar-refractivity contribution in [2.45, 2.75) is 18.8 Å². The third-order valence-corrected chi connectivity index (χ3v) is 6.37. The summed E-state index contributed by atoms with van der Waals surface area (Å²) in [6.45, 7) is 0. The van der Waals surface area contributed by atoms with Gasteiger partial charge in [0.05, 0.1) is 11.2 Å². The fourth-order valence-corrected chi connectivity index (χ4v) is 4.48. The number of halogens is 2. The van der Waals surface area contributed by atoms with Crippen LogP contribution < -0.4 is 4.90 Å². The van der Waals surface area contributed by atoms with Crippen molar-refractivity contribution < 1.29 is 4.39 Å². The van der Waals surface area contributed by atoms with Gasteiger partial charge in [-0.2, -0.15) is 4.98 Å². The first kappa shape index (κ1) is 19.2. The lowest BCUT2D eigenvalue weighted by Crippen LogP contribution is -2.15. The molecule has 7 heteroatoms. The maximum absolute atomic E-state index is 15.8. The van der Waals surface area contributed by atoms with Gasteiger partial charge in [0.15, 0.2) is 5.82 Å². The van der Waals surface area contributed by atoms with E-state index in [1.807, 2.05) is 55.6 Å². The van der Waals surface area contributed by atoms with Crippen LogP contribution in [0.15, 0.2) is 66.7 Å². The molecule has 5 aromatic rings. The normalized spacial score (nSPS) is 13.7. The van der Waals surface area contributed by atoms with Crippen molar-refractivity contribution in [3.8, 4) is 11.1 Å². The van der Waals surface area contributed by atoms with Crippen LogP contribution in [0, 0.1) is 5.82 Å². The van der Waals surface area contributed by atoms with Crippen molar-refractivity contribution in [2.75, 3.05) is 11.9 Å². The van der Waals surface area contributed by atoms with Crippen LogP contribution in [0.25, 0.3) is 27.8 Å². The molecule has 0 unspecified atom stereocenters. The summed E-state index contributed by atoms with van der Waals surface area (Å²) < 4.78 is 17.4. The van der Waals surface area contributed by atoms with Crippen LogP contribution in [0.2, 0.25) is 5.28 Å². The Labute approximate surface area is 189 Å². The van der Waals surface area contributed by atoms with Crippen molar-refractivity contribution in [2.24, 2.45) is 0 Å². The number of para-hydroxylation sites is 1. The zero-order chi connectivity index (χ0) is 21.8. The predicted molar refractivity (Wildman–Crippen MR) is 125 cm³/mol. The van der Waals surface area contributed by atoms with Gasteiger partial charge in [0.1, 0.15) is 5.82 Å². The molecule has 2 heterocycles. The van der Waals surface area contributed by atoms with Crippen LogP contribution >= 0.6 is 11.6 Å². The van der Waals surface area contributed by atoms with E-state index >= 15 is 4.39 Å². The van der Waals surface area contributed by atoms with E-state index in [2.05, 4.69) is 27.3 Å². The van der Waals surface area contributed by atoms with E-state index in [-0.39, 0.29) is 11.1 Å². The lowest BCUT2D eigenvalue weighted by molar-refractivity contribution is 0.631. The standard InChI is InChI=1S/C25H19ClFN5/c1-31(23-19-5-2-3-7-20(19)32-24(26)29-30-25(32)28-23)21-8-4-6-18(22(21)27)17-13-11-16(12-14-17)15-9-10-15/h2-8,11-15H,9-10H2,1H3. The monoisotopic (exact) mass is 443 g/mol. The molecule has 32 heavy (non-hydrogen) atoms. The molecule has 0 atom stereocenters. The van der Waals surface area contributed by atoms with Gasteiger partial charge in [0.25, 0.3) is 5.78 Å². The Balaban J connectivity index is 1.47. The minimum absolute atomic E-state index is 0.237. The summed E-state index contributed by atoms with van der Waals surface area (Å²) in [6.07, 6.45) is 2.49. The molecule has 0 saturated heterocycles. The highest BCUT2D eigenvalue weighted by Gasteiger charge is 2.24. The molecule has 3 aromatic carbocycles. The molecule has 2 aromatic heterocycles. The maximum Gasteiger partial charge on any atom is 0.258 e. The van der Waals surface area contributed by atoms with Crippen LogP contribution in [0.4, 0.5) is 15.9 Å². The van der Waals surface area contributed by atoms with Gasteiger partial charge in [-0.3, -0.25) is 0 Å². The largest absolute Gasteiger partial charge is 0.326 e. The number of hydrogen-bond acceptors (Lipinski definition) is 4. The van der Waals surface area contributed by atoms with Crippen molar-refractivity contribution >= 4 is 39.8 Å². The Morgan fingerprint density at radius 2 is 1.75 bits per heavy atom. The lowest BCUT2D eigenvalue weighted by atomic mass is 10.0. The SMILES string of the molecule is CN(c1cccc(-c2ccc(C3CC3)cc2)c1F)c1nc2nnc(Cl)n2c2ccccc12. The molecular weight excluding hydrogens is 425 g/mol. The Morgan fingerprint density at radius 1 is 0.969 bits per heavy atom. The van der Waals surface area contributed by atoms with Crippen LogP contribution in [-0.4, -0.2) is 26.6 Å². The number of nitrogens with zero attached hydrogens (tertiary/aromatic N) is 5. The Morgan fingerprint density at radius 3 is 2.53 bits per heavy atom. The van der Waals surface area contributed by atoms with Gasteiger partial charge in [0.2, 0.25) is 5.28 Å². The summed E-state index contributed by atoms with van der Waals surface area (Å²) in [4.78, 5) is 6.40. The van der Waals surface area contributed by atoms with Gasteiger partial charge in [-0.15, -0.1) is 10.2 Å². The van der Waals surface area contributed by atoms with Crippen LogP contribution in [0.5, 0.6) is 0 Å². The first-order valence-corrected chi connectivity index (χ1v) is 10.9. The molecule has 1 saturated carbocycles. The van der Waals surface area contributed by atoms with Crippen molar-refractivity contribution in [1.29, 1.82) is 0 Å². The van der Waals surface area contributed by atoms with Crippen molar-refractivity contribution in [1.82, 2.24) is 19.6 Å². The van der Waals surface area contributed by atoms with Gasteiger partial charge >= 0.3 is 0 Å². The maximum atomic E-state index is 15.8. The quantitative estimate of drug-likeness (QED) is 0.323. The molecule has 0 bridgehead atoms. The minimum atomic E-state index is -0.292. The van der Waals surface area contributed by atoms with Gasteiger partial charge in [-0.25, -0.2) is 8.79 Å². The number of benzene rings is 3. The first-order chi connectivity index (χ1) is 15.6. The average molecular weight is 444 g/mol. The molecule has 1 aliphatic rings. The fourth-order valence-electron chi connectivity index (χ4n) is 4.27. The van der Waals surface area contributed by atoms with E-state index < -0.39 is 0 Å². The number of anilines is 2. The number of aromatic nitrogens is 4. The second kappa shape index (κ2) is 7.28. The van der Waals surface area contributed by atoms with Crippen LogP contribution in [0.3, 0.4) is 0 Å². The molecule has 158 valence electrons. The third-order valence-electron chi connectivity index (χ3n) is 6.13. The van der Waals surface area contributed by atoms with E-state index in [1.165, 1.54) is 18.4 Å². The number of fused-ring (bicyclic) bond motifs is 3. The minimum Gasteiger partial charge on any atom is -0.326 e. The Hall–Kier alpha value is -3.51. The molecule has 0 amide bonds. The fraction of sp³-hybridized carbons (Fsp3) is 0.160. The van der Waals surface area contributed by atoms with Gasteiger partial charge in [-0.1, -0.05) is 48.5 Å². The summed E-state index contributed by atoms with van der Waals surface area (Å²) in [5.41, 5.74) is 3.99. The summed E-state index contributed by atoms with van der Waals surface area (Å²) in [6, 6.07) is 21.4. The molecule has 0 N–H and O–H groups in total. The van der Waals surface area contributed by atoms with Crippen LogP contribution in [0.1, 0.15) is 24.3 Å². The summed E-state index contributed by atoms with van der Waals surface area (Å²) in [5.74, 6) is 1.32. The number of rotatable bonds is 4. The van der Waals surface area contributed by atoms with Crippen molar-refractivity contribution in [3.63, 3.8) is 0 Å². The first-order valence-electron chi connectivity index (χ1n) is 10.5. The van der Waals surface area contributed by atoms with Gasteiger partial charge < -0.3 is 4.90 Å². The molecule has 0 aliphatic heterocycles. The zero-order valence-electron chi connectivity index (χ0n) is 17.3. The summed E-state index contributed by atoms with van der Waals surface area (Å²) in [5, 5.41) is 9.07. The second-order valence-electron chi connectivity index (χ2n) is 8.15. The second-order valence-corrected chi connectivity index (χ2v) is 8.49. The molecular formula is C25H19ClFN5. The smallest absolute Gasteiger partial charge is 0.258 e. The van der Waals surface area contributed by atoms with E-state index in [1.54, 1.807) is 15.4 Å². The molecule has 1 fully saturated rings. The van der Waals surface area contributed by atoms with Crippen molar-refractivity contribution in [3.05, 3.63) is 83.4 Å². The Kier molecular flexibility index (Phi) is 4.36.